The number of methoxy groups -OCH3 is 3. The maximum atomic E-state index is 13.3. The molecular formula is C21H22ClN3O4S. The van der Waals surface area contributed by atoms with Crippen LogP contribution in [-0.2, 0) is 4.79 Å². The molecule has 3 rings (SSSR count). The first-order chi connectivity index (χ1) is 14.4. The van der Waals surface area contributed by atoms with E-state index >= 15 is 0 Å². The highest BCUT2D eigenvalue weighted by Gasteiger charge is 2.33. The van der Waals surface area contributed by atoms with Gasteiger partial charge in [0.1, 0.15) is 5.75 Å². The van der Waals surface area contributed by atoms with Crippen LogP contribution in [0.5, 0.6) is 17.2 Å². The number of anilines is 1. The van der Waals surface area contributed by atoms with Crippen LogP contribution in [0.1, 0.15) is 18.5 Å². The first kappa shape index (κ1) is 21.7. The van der Waals surface area contributed by atoms with Crippen molar-refractivity contribution in [3.05, 3.63) is 58.3 Å². The van der Waals surface area contributed by atoms with Crippen molar-refractivity contribution in [2.75, 3.05) is 26.6 Å². The molecule has 0 bridgehead atoms. The van der Waals surface area contributed by atoms with Crippen molar-refractivity contribution in [1.29, 1.82) is 0 Å². The van der Waals surface area contributed by atoms with Crippen molar-refractivity contribution in [1.82, 2.24) is 10.6 Å². The summed E-state index contributed by atoms with van der Waals surface area (Å²) in [6.45, 7) is 1.79. The van der Waals surface area contributed by atoms with Gasteiger partial charge in [-0.3, -0.25) is 4.79 Å². The zero-order valence-electron chi connectivity index (χ0n) is 17.0. The molecule has 0 aliphatic carbocycles. The third-order valence-electron chi connectivity index (χ3n) is 4.68. The molecule has 1 atom stereocenters. The Morgan fingerprint density at radius 2 is 1.70 bits per heavy atom. The summed E-state index contributed by atoms with van der Waals surface area (Å²) < 4.78 is 16.4. The van der Waals surface area contributed by atoms with Gasteiger partial charge in [0.25, 0.3) is 5.91 Å². The van der Waals surface area contributed by atoms with Gasteiger partial charge in [0.05, 0.1) is 43.7 Å². The zero-order valence-corrected chi connectivity index (χ0v) is 18.5. The van der Waals surface area contributed by atoms with Gasteiger partial charge < -0.3 is 30.2 Å². The fourth-order valence-corrected chi connectivity index (χ4v) is 3.71. The minimum Gasteiger partial charge on any atom is -0.496 e. The molecule has 1 aliphatic rings. The second-order valence-electron chi connectivity index (χ2n) is 6.45. The number of allylic oxidation sites excluding steroid dienone is 1. The molecule has 158 valence electrons. The Balaban J connectivity index is 2.08. The maximum absolute atomic E-state index is 13.3. The summed E-state index contributed by atoms with van der Waals surface area (Å²) in [5.41, 5.74) is 2.23. The van der Waals surface area contributed by atoms with Crippen LogP contribution < -0.4 is 30.2 Å². The molecule has 30 heavy (non-hydrogen) atoms. The Hall–Kier alpha value is -2.97. The maximum Gasteiger partial charge on any atom is 0.255 e. The third kappa shape index (κ3) is 4.29. The number of carbonyl (C=O) groups is 1. The number of halogens is 1. The van der Waals surface area contributed by atoms with Crippen LogP contribution in [0.25, 0.3) is 0 Å². The Morgan fingerprint density at radius 3 is 2.33 bits per heavy atom. The lowest BCUT2D eigenvalue weighted by Gasteiger charge is -2.31. The summed E-state index contributed by atoms with van der Waals surface area (Å²) in [4.78, 5) is 13.3. The smallest absolute Gasteiger partial charge is 0.255 e. The number of nitrogens with one attached hydrogen (secondary N) is 3. The highest BCUT2D eigenvalue weighted by atomic mass is 35.5. The second-order valence-corrected chi connectivity index (χ2v) is 7.27. The second kappa shape index (κ2) is 9.23. The standard InChI is InChI=1S/C21H22ClN3O4S/c1-11-18(20(26)24-14-8-6-5-7-13(14)22)19(25-21(30)23-11)12-9-16(28-3)17(29-4)10-15(12)27-2/h5-10,19H,1-4H3,(H,24,26)(H2,23,25,30)/t19-/m0/s1. The Kier molecular flexibility index (Phi) is 6.69. The summed E-state index contributed by atoms with van der Waals surface area (Å²) in [5.74, 6) is 1.20. The average molecular weight is 448 g/mol. The number of para-hydroxylation sites is 1. The molecule has 1 heterocycles. The van der Waals surface area contributed by atoms with Gasteiger partial charge in [-0.25, -0.2) is 0 Å². The number of hydrogen-bond donors (Lipinski definition) is 3. The van der Waals surface area contributed by atoms with Crippen molar-refractivity contribution >= 4 is 40.5 Å². The summed E-state index contributed by atoms with van der Waals surface area (Å²) in [5, 5.41) is 9.86. The molecule has 0 spiro atoms. The predicted octanol–water partition coefficient (Wildman–Crippen LogP) is 3.80. The van der Waals surface area contributed by atoms with E-state index in [1.807, 2.05) is 0 Å². The van der Waals surface area contributed by atoms with Gasteiger partial charge in [0.15, 0.2) is 16.6 Å². The molecular weight excluding hydrogens is 426 g/mol. The van der Waals surface area contributed by atoms with Crippen molar-refractivity contribution in [3.8, 4) is 17.2 Å². The molecule has 0 fully saturated rings. The lowest BCUT2D eigenvalue weighted by Crippen LogP contribution is -2.45. The third-order valence-corrected chi connectivity index (χ3v) is 5.23. The number of hydrogen-bond acceptors (Lipinski definition) is 5. The average Bonchev–Trinajstić information content (AvgIpc) is 2.73. The SMILES string of the molecule is COc1cc(OC)c([C@@H]2NC(=S)NC(C)=C2C(=O)Nc2ccccc2Cl)cc1OC. The lowest BCUT2D eigenvalue weighted by atomic mass is 9.93. The van der Waals surface area contributed by atoms with E-state index in [0.29, 0.717) is 49.9 Å². The number of benzene rings is 2. The molecule has 0 radical (unpaired) electrons. The van der Waals surface area contributed by atoms with E-state index in [9.17, 15) is 4.79 Å². The summed E-state index contributed by atoms with van der Waals surface area (Å²) in [6, 6.07) is 9.91. The van der Waals surface area contributed by atoms with E-state index in [2.05, 4.69) is 16.0 Å². The summed E-state index contributed by atoms with van der Waals surface area (Å²) >= 11 is 11.5. The molecule has 0 unspecified atom stereocenters. The van der Waals surface area contributed by atoms with Gasteiger partial charge in [0, 0.05) is 17.3 Å². The molecule has 9 heteroatoms. The van der Waals surface area contributed by atoms with Crippen LogP contribution in [-0.4, -0.2) is 32.3 Å². The molecule has 3 N–H and O–H groups in total. The largest absolute Gasteiger partial charge is 0.496 e. The molecule has 2 aromatic rings. The van der Waals surface area contributed by atoms with E-state index in [-0.39, 0.29) is 5.91 Å². The molecule has 2 aromatic carbocycles. The Bertz CT molecular complexity index is 1030. The minimum absolute atomic E-state index is 0.329. The van der Waals surface area contributed by atoms with Crippen LogP contribution in [0.4, 0.5) is 5.69 Å². The van der Waals surface area contributed by atoms with Gasteiger partial charge in [-0.2, -0.15) is 0 Å². The number of rotatable bonds is 6. The first-order valence-electron chi connectivity index (χ1n) is 9.03. The normalized spacial score (nSPS) is 15.8. The lowest BCUT2D eigenvalue weighted by molar-refractivity contribution is -0.113. The molecule has 7 nitrogen and oxygen atoms in total. The fraction of sp³-hybridized carbons (Fsp3) is 0.238. The molecule has 0 saturated heterocycles. The minimum atomic E-state index is -0.587. The van der Waals surface area contributed by atoms with Gasteiger partial charge in [0.2, 0.25) is 0 Å². The highest BCUT2D eigenvalue weighted by Crippen LogP contribution is 2.41. The zero-order chi connectivity index (χ0) is 21.8. The predicted molar refractivity (Wildman–Crippen MR) is 120 cm³/mol. The van der Waals surface area contributed by atoms with Gasteiger partial charge >= 0.3 is 0 Å². The molecule has 1 aliphatic heterocycles. The topological polar surface area (TPSA) is 80.9 Å². The van der Waals surface area contributed by atoms with Crippen LogP contribution in [0, 0.1) is 0 Å². The van der Waals surface area contributed by atoms with Crippen LogP contribution in [0.15, 0.2) is 47.7 Å². The van der Waals surface area contributed by atoms with Crippen molar-refractivity contribution in [2.24, 2.45) is 0 Å². The first-order valence-corrected chi connectivity index (χ1v) is 9.82. The van der Waals surface area contributed by atoms with Crippen molar-refractivity contribution in [3.63, 3.8) is 0 Å². The van der Waals surface area contributed by atoms with Crippen LogP contribution in [0.3, 0.4) is 0 Å². The fourth-order valence-electron chi connectivity index (χ4n) is 3.26. The Labute approximate surface area is 185 Å². The number of thiocarbonyl (C=S) groups is 1. The Morgan fingerprint density at radius 1 is 1.07 bits per heavy atom. The van der Waals surface area contributed by atoms with E-state index in [0.717, 1.165) is 0 Å². The van der Waals surface area contributed by atoms with Crippen molar-refractivity contribution in [2.45, 2.75) is 13.0 Å². The molecule has 1 amide bonds. The van der Waals surface area contributed by atoms with E-state index in [1.54, 1.807) is 64.7 Å². The van der Waals surface area contributed by atoms with Gasteiger partial charge in [-0.05, 0) is 37.3 Å². The van der Waals surface area contributed by atoms with Gasteiger partial charge in [-0.15, -0.1) is 0 Å². The molecule has 0 saturated carbocycles. The highest BCUT2D eigenvalue weighted by molar-refractivity contribution is 7.80. The summed E-state index contributed by atoms with van der Waals surface area (Å²) in [7, 11) is 4.63. The number of carbonyl (C=O) groups excluding carboxylic acids is 1. The summed E-state index contributed by atoms with van der Waals surface area (Å²) in [6.07, 6.45) is 0. The van der Waals surface area contributed by atoms with Crippen molar-refractivity contribution < 1.29 is 19.0 Å². The van der Waals surface area contributed by atoms with E-state index < -0.39 is 6.04 Å². The van der Waals surface area contributed by atoms with Crippen LogP contribution in [0.2, 0.25) is 5.02 Å². The quantitative estimate of drug-likeness (QED) is 0.581. The van der Waals surface area contributed by atoms with Gasteiger partial charge in [-0.1, -0.05) is 23.7 Å². The molecule has 0 aromatic heterocycles. The van der Waals surface area contributed by atoms with Crippen LogP contribution >= 0.6 is 23.8 Å². The van der Waals surface area contributed by atoms with E-state index in [1.165, 1.54) is 0 Å². The van der Waals surface area contributed by atoms with E-state index in [4.69, 9.17) is 38.0 Å². The number of amides is 1. The number of ether oxygens (including phenoxy) is 3. The monoisotopic (exact) mass is 447 g/mol.